The molecule has 1 saturated heterocycles. The lowest BCUT2D eigenvalue weighted by atomic mass is 9.86. The molecule has 3 heteroatoms. The number of aldehydes is 1. The summed E-state index contributed by atoms with van der Waals surface area (Å²) in [5, 5.41) is 3.22. The Morgan fingerprint density at radius 2 is 2.40 bits per heavy atom. The van der Waals surface area contributed by atoms with Gasteiger partial charge in [-0.2, -0.15) is 0 Å². The van der Waals surface area contributed by atoms with Gasteiger partial charge in [-0.05, 0) is 43.1 Å². The van der Waals surface area contributed by atoms with E-state index in [4.69, 9.17) is 0 Å². The molecule has 1 heterocycles. The Morgan fingerprint density at radius 1 is 1.53 bits per heavy atom. The first-order valence-corrected chi connectivity index (χ1v) is 5.22. The third kappa shape index (κ3) is 2.23. The summed E-state index contributed by atoms with van der Waals surface area (Å²) in [7, 11) is 0. The van der Waals surface area contributed by atoms with Crippen molar-refractivity contribution < 1.29 is 9.18 Å². The Balaban J connectivity index is 2.21. The first kappa shape index (κ1) is 10.3. The summed E-state index contributed by atoms with van der Waals surface area (Å²) >= 11 is 0. The summed E-state index contributed by atoms with van der Waals surface area (Å²) in [5.74, 6) is -0.134. The van der Waals surface area contributed by atoms with E-state index in [2.05, 4.69) is 5.32 Å². The second-order valence-electron chi connectivity index (χ2n) is 3.97. The average molecular weight is 207 g/mol. The van der Waals surface area contributed by atoms with Crippen molar-refractivity contribution in [1.29, 1.82) is 0 Å². The third-order valence-corrected chi connectivity index (χ3v) is 2.99. The van der Waals surface area contributed by atoms with Gasteiger partial charge in [-0.1, -0.05) is 12.1 Å². The normalized spacial score (nSPS) is 22.6. The van der Waals surface area contributed by atoms with Crippen molar-refractivity contribution in [3.8, 4) is 0 Å². The van der Waals surface area contributed by atoms with Crippen LogP contribution in [0.1, 0.15) is 17.9 Å². The van der Waals surface area contributed by atoms with E-state index in [1.54, 1.807) is 6.07 Å². The van der Waals surface area contributed by atoms with Gasteiger partial charge in [0.25, 0.3) is 0 Å². The molecule has 15 heavy (non-hydrogen) atoms. The molecule has 2 rings (SSSR count). The van der Waals surface area contributed by atoms with Gasteiger partial charge < -0.3 is 10.1 Å². The number of carbonyl (C=O) groups excluding carboxylic acids is 1. The van der Waals surface area contributed by atoms with Crippen LogP contribution in [0.15, 0.2) is 24.3 Å². The largest absolute Gasteiger partial charge is 0.316 e. The van der Waals surface area contributed by atoms with E-state index in [0.29, 0.717) is 5.92 Å². The summed E-state index contributed by atoms with van der Waals surface area (Å²) in [5.41, 5.74) is 0.790. The Labute approximate surface area is 88.5 Å². The second-order valence-corrected chi connectivity index (χ2v) is 3.97. The number of halogens is 1. The van der Waals surface area contributed by atoms with Crippen LogP contribution in [0.2, 0.25) is 0 Å². The Bertz CT molecular complexity index is 347. The van der Waals surface area contributed by atoms with E-state index >= 15 is 0 Å². The first-order chi connectivity index (χ1) is 7.31. The Morgan fingerprint density at radius 3 is 3.00 bits per heavy atom. The molecule has 0 bridgehead atoms. The Hall–Kier alpha value is -1.22. The van der Waals surface area contributed by atoms with Gasteiger partial charge >= 0.3 is 0 Å². The summed E-state index contributed by atoms with van der Waals surface area (Å²) < 4.78 is 13.0. The minimum Gasteiger partial charge on any atom is -0.316 e. The minimum atomic E-state index is -0.273. The highest BCUT2D eigenvalue weighted by Gasteiger charge is 2.25. The molecular formula is C12H14FNO. The van der Waals surface area contributed by atoms with E-state index in [-0.39, 0.29) is 11.7 Å². The molecule has 0 saturated carbocycles. The van der Waals surface area contributed by atoms with Gasteiger partial charge in [0.05, 0.1) is 0 Å². The van der Waals surface area contributed by atoms with Crippen molar-refractivity contribution in [3.63, 3.8) is 0 Å². The van der Waals surface area contributed by atoms with E-state index in [1.807, 2.05) is 6.07 Å². The van der Waals surface area contributed by atoms with Crippen molar-refractivity contribution in [2.24, 2.45) is 5.92 Å². The molecule has 2 nitrogen and oxygen atoms in total. The first-order valence-electron chi connectivity index (χ1n) is 5.22. The minimum absolute atomic E-state index is 0.171. The predicted molar refractivity (Wildman–Crippen MR) is 56.2 cm³/mol. The summed E-state index contributed by atoms with van der Waals surface area (Å²) in [6.45, 7) is 1.80. The third-order valence-electron chi connectivity index (χ3n) is 2.99. The number of nitrogens with one attached hydrogen (secondary N) is 1. The maximum Gasteiger partial charge on any atom is 0.127 e. The zero-order valence-electron chi connectivity index (χ0n) is 8.45. The van der Waals surface area contributed by atoms with Crippen molar-refractivity contribution in [3.05, 3.63) is 35.6 Å². The van der Waals surface area contributed by atoms with E-state index in [0.717, 1.165) is 31.4 Å². The fourth-order valence-corrected chi connectivity index (χ4v) is 2.16. The van der Waals surface area contributed by atoms with Crippen molar-refractivity contribution in [1.82, 2.24) is 5.32 Å². The molecule has 1 aromatic carbocycles. The quantitative estimate of drug-likeness (QED) is 0.765. The summed E-state index contributed by atoms with van der Waals surface area (Å²) in [4.78, 5) is 11.1. The molecule has 0 aromatic heterocycles. The highest BCUT2D eigenvalue weighted by molar-refractivity contribution is 5.62. The molecule has 1 aliphatic rings. The molecule has 1 aliphatic heterocycles. The molecule has 0 amide bonds. The van der Waals surface area contributed by atoms with E-state index in [1.165, 1.54) is 12.1 Å². The van der Waals surface area contributed by atoms with Crippen molar-refractivity contribution >= 4 is 6.29 Å². The fourth-order valence-electron chi connectivity index (χ4n) is 2.16. The van der Waals surface area contributed by atoms with Crippen LogP contribution in [0, 0.1) is 11.7 Å². The maximum absolute atomic E-state index is 13.0. The lowest BCUT2D eigenvalue weighted by Crippen LogP contribution is -2.17. The van der Waals surface area contributed by atoms with Crippen LogP contribution in [0.5, 0.6) is 0 Å². The number of carbonyl (C=O) groups is 1. The van der Waals surface area contributed by atoms with Gasteiger partial charge in [0.2, 0.25) is 0 Å². The predicted octanol–water partition coefficient (Wildman–Crippen LogP) is 1.72. The number of rotatable bonds is 3. The number of benzene rings is 1. The SMILES string of the molecule is O=CC(c1cccc(F)c1)C1CCNC1. The summed E-state index contributed by atoms with van der Waals surface area (Å²) in [6, 6.07) is 6.33. The molecule has 1 N–H and O–H groups in total. The monoisotopic (exact) mass is 207 g/mol. The molecular weight excluding hydrogens is 193 g/mol. The maximum atomic E-state index is 13.0. The highest BCUT2D eigenvalue weighted by Crippen LogP contribution is 2.27. The zero-order valence-corrected chi connectivity index (χ0v) is 8.45. The molecule has 1 aromatic rings. The zero-order chi connectivity index (χ0) is 10.7. The molecule has 0 radical (unpaired) electrons. The standard InChI is InChI=1S/C12H14FNO/c13-11-3-1-2-9(6-11)12(8-15)10-4-5-14-7-10/h1-3,6,8,10,12,14H,4-5,7H2. The average Bonchev–Trinajstić information content (AvgIpc) is 2.72. The molecule has 0 spiro atoms. The van der Waals surface area contributed by atoms with Gasteiger partial charge in [-0.15, -0.1) is 0 Å². The van der Waals surface area contributed by atoms with Gasteiger partial charge in [0.15, 0.2) is 0 Å². The van der Waals surface area contributed by atoms with Crippen LogP contribution in [0.25, 0.3) is 0 Å². The molecule has 80 valence electrons. The molecule has 2 unspecified atom stereocenters. The summed E-state index contributed by atoms with van der Waals surface area (Å²) in [6.07, 6.45) is 1.92. The van der Waals surface area contributed by atoms with Crippen LogP contribution in [-0.2, 0) is 4.79 Å². The van der Waals surface area contributed by atoms with Crippen LogP contribution < -0.4 is 5.32 Å². The number of hydrogen-bond acceptors (Lipinski definition) is 2. The van der Waals surface area contributed by atoms with Crippen molar-refractivity contribution in [2.45, 2.75) is 12.3 Å². The van der Waals surface area contributed by atoms with Gasteiger partial charge in [-0.3, -0.25) is 0 Å². The van der Waals surface area contributed by atoms with Crippen LogP contribution in [0.4, 0.5) is 4.39 Å². The van der Waals surface area contributed by atoms with E-state index in [9.17, 15) is 9.18 Å². The smallest absolute Gasteiger partial charge is 0.127 e. The topological polar surface area (TPSA) is 29.1 Å². The van der Waals surface area contributed by atoms with Crippen LogP contribution >= 0.6 is 0 Å². The molecule has 1 fully saturated rings. The van der Waals surface area contributed by atoms with Gasteiger partial charge in [0.1, 0.15) is 12.1 Å². The Kier molecular flexibility index (Phi) is 3.11. The molecule has 0 aliphatic carbocycles. The molecule has 2 atom stereocenters. The highest BCUT2D eigenvalue weighted by atomic mass is 19.1. The lowest BCUT2D eigenvalue weighted by Gasteiger charge is -2.17. The van der Waals surface area contributed by atoms with Crippen LogP contribution in [0.3, 0.4) is 0 Å². The van der Waals surface area contributed by atoms with Gasteiger partial charge in [0, 0.05) is 5.92 Å². The number of hydrogen-bond donors (Lipinski definition) is 1. The van der Waals surface area contributed by atoms with Gasteiger partial charge in [-0.25, -0.2) is 4.39 Å². The second kappa shape index (κ2) is 4.53. The van der Waals surface area contributed by atoms with Crippen LogP contribution in [-0.4, -0.2) is 19.4 Å². The fraction of sp³-hybridized carbons (Fsp3) is 0.417. The van der Waals surface area contributed by atoms with E-state index < -0.39 is 0 Å². The lowest BCUT2D eigenvalue weighted by molar-refractivity contribution is -0.110. The van der Waals surface area contributed by atoms with Crippen molar-refractivity contribution in [2.75, 3.05) is 13.1 Å².